The minimum atomic E-state index is -0.258. The second-order valence-electron chi connectivity index (χ2n) is 9.65. The van der Waals surface area contributed by atoms with E-state index in [4.69, 9.17) is 4.74 Å². The first-order valence-corrected chi connectivity index (χ1v) is 11.3. The van der Waals surface area contributed by atoms with Gasteiger partial charge in [0.25, 0.3) is 0 Å². The van der Waals surface area contributed by atoms with Crippen LogP contribution in [0.15, 0.2) is 54.6 Å². The quantitative estimate of drug-likeness (QED) is 0.409. The summed E-state index contributed by atoms with van der Waals surface area (Å²) in [5, 5.41) is 0. The Bertz CT molecular complexity index is 1160. The number of Topliss-reactive ketones (excluding diaryl/α,β-unsaturated/α-hetero) is 1. The molecular formula is C27H25NO4. The summed E-state index contributed by atoms with van der Waals surface area (Å²) in [7, 11) is 0. The molecule has 4 aliphatic carbocycles. The summed E-state index contributed by atoms with van der Waals surface area (Å²) in [5.41, 5.74) is 3.21. The highest BCUT2D eigenvalue weighted by Crippen LogP contribution is 2.65. The van der Waals surface area contributed by atoms with Gasteiger partial charge in [0.15, 0.2) is 12.4 Å². The number of ketones is 1. The molecule has 0 unspecified atom stereocenters. The molecule has 0 N–H and O–H groups in total. The van der Waals surface area contributed by atoms with E-state index in [1.165, 1.54) is 4.90 Å². The van der Waals surface area contributed by atoms with Crippen molar-refractivity contribution in [2.45, 2.75) is 20.3 Å². The highest BCUT2D eigenvalue weighted by Gasteiger charge is 2.67. The van der Waals surface area contributed by atoms with Crippen molar-refractivity contribution in [2.75, 3.05) is 11.5 Å². The number of nitrogens with zero attached hydrogens (tertiary/aromatic N) is 1. The van der Waals surface area contributed by atoms with Crippen LogP contribution in [0.25, 0.3) is 0 Å². The van der Waals surface area contributed by atoms with Gasteiger partial charge in [-0.25, -0.2) is 4.90 Å². The molecule has 162 valence electrons. The molecule has 5 nitrogen and oxygen atoms in total. The Morgan fingerprint density at radius 2 is 1.59 bits per heavy atom. The van der Waals surface area contributed by atoms with Crippen LogP contribution in [0.4, 0.5) is 5.69 Å². The standard InChI is InChI=1S/C27H25NO4/c1-14-7-8-16(11-15(14)2)22(29)13-32-23-6-4-3-5-21(23)28-26(30)24-17-9-10-18(20-12-19(17)20)25(24)27(28)31/h3-11,17-20,24-25H,12-13H2,1-2H3/t17-,18-,19-,20-,24+,25+/m1/s1. The number of ether oxygens (including phenoxy) is 1. The van der Waals surface area contributed by atoms with Crippen LogP contribution < -0.4 is 9.64 Å². The van der Waals surface area contributed by atoms with Crippen molar-refractivity contribution in [3.63, 3.8) is 0 Å². The third kappa shape index (κ3) is 2.73. The van der Waals surface area contributed by atoms with Crippen molar-refractivity contribution >= 4 is 23.3 Å². The van der Waals surface area contributed by atoms with E-state index in [1.807, 2.05) is 26.0 Å². The largest absolute Gasteiger partial charge is 0.483 e. The highest BCUT2D eigenvalue weighted by molar-refractivity contribution is 6.23. The Hall–Kier alpha value is -3.21. The SMILES string of the molecule is Cc1ccc(C(=O)COc2ccccc2N2C(=O)[C@H]3[C@@H]4C=C[C@H]([C@H]5C[C@H]45)[C@@H]3C2=O)cc1C. The zero-order valence-electron chi connectivity index (χ0n) is 18.2. The smallest absolute Gasteiger partial charge is 0.238 e. The van der Waals surface area contributed by atoms with Gasteiger partial charge in [0.2, 0.25) is 11.8 Å². The van der Waals surface area contributed by atoms with E-state index in [-0.39, 0.29) is 47.9 Å². The Morgan fingerprint density at radius 3 is 2.25 bits per heavy atom. The van der Waals surface area contributed by atoms with Crippen LogP contribution in [0, 0.1) is 49.4 Å². The first-order valence-electron chi connectivity index (χ1n) is 11.3. The first-order chi connectivity index (χ1) is 15.5. The molecule has 0 radical (unpaired) electrons. The van der Waals surface area contributed by atoms with Crippen LogP contribution in [0.3, 0.4) is 0 Å². The average Bonchev–Trinajstić information content (AvgIpc) is 3.58. The topological polar surface area (TPSA) is 63.7 Å². The third-order valence-electron chi connectivity index (χ3n) is 7.96. The number of anilines is 1. The van der Waals surface area contributed by atoms with Gasteiger partial charge in [-0.3, -0.25) is 14.4 Å². The van der Waals surface area contributed by atoms with E-state index in [1.54, 1.807) is 30.3 Å². The van der Waals surface area contributed by atoms with Gasteiger partial charge >= 0.3 is 0 Å². The second-order valence-corrected chi connectivity index (χ2v) is 9.65. The molecule has 2 bridgehead atoms. The molecule has 7 rings (SSSR count). The molecule has 1 heterocycles. The lowest BCUT2D eigenvalue weighted by Crippen LogP contribution is -2.40. The normalized spacial score (nSPS) is 31.5. The molecule has 1 aliphatic heterocycles. The number of hydrogen-bond acceptors (Lipinski definition) is 4. The van der Waals surface area contributed by atoms with E-state index < -0.39 is 0 Å². The molecule has 5 heteroatoms. The maximum atomic E-state index is 13.4. The van der Waals surface area contributed by atoms with Crippen molar-refractivity contribution < 1.29 is 19.1 Å². The number of amides is 2. The van der Waals surface area contributed by atoms with Crippen LogP contribution in [0.2, 0.25) is 0 Å². The van der Waals surface area contributed by atoms with Crippen molar-refractivity contribution in [3.8, 4) is 5.75 Å². The monoisotopic (exact) mass is 427 g/mol. The molecule has 2 aromatic rings. The number of para-hydroxylation sites is 2. The molecule has 5 aliphatic rings. The second kappa shape index (κ2) is 6.89. The highest BCUT2D eigenvalue weighted by atomic mass is 16.5. The molecule has 2 saturated carbocycles. The van der Waals surface area contributed by atoms with E-state index in [0.717, 1.165) is 17.5 Å². The molecule has 1 saturated heterocycles. The lowest BCUT2D eigenvalue weighted by Gasteiger charge is -2.37. The fraction of sp³-hybridized carbons (Fsp3) is 0.370. The summed E-state index contributed by atoms with van der Waals surface area (Å²) in [6.45, 7) is 3.82. The summed E-state index contributed by atoms with van der Waals surface area (Å²) in [5.74, 6) is 0.954. The lowest BCUT2D eigenvalue weighted by molar-refractivity contribution is -0.124. The maximum Gasteiger partial charge on any atom is 0.238 e. The average molecular weight is 428 g/mol. The Morgan fingerprint density at radius 1 is 0.938 bits per heavy atom. The molecule has 32 heavy (non-hydrogen) atoms. The summed E-state index contributed by atoms with van der Waals surface area (Å²) >= 11 is 0. The number of carbonyl (C=O) groups is 3. The Balaban J connectivity index is 1.25. The fourth-order valence-electron chi connectivity index (χ4n) is 6.10. The first kappa shape index (κ1) is 19.5. The molecule has 2 amide bonds. The van der Waals surface area contributed by atoms with Crippen molar-refractivity contribution in [1.82, 2.24) is 0 Å². The predicted octanol–water partition coefficient (Wildman–Crippen LogP) is 4.12. The molecule has 0 aromatic heterocycles. The van der Waals surface area contributed by atoms with E-state index >= 15 is 0 Å². The Kier molecular flexibility index (Phi) is 4.19. The maximum absolute atomic E-state index is 13.4. The molecule has 6 atom stereocenters. The predicted molar refractivity (Wildman–Crippen MR) is 119 cm³/mol. The van der Waals surface area contributed by atoms with Gasteiger partial charge in [0.05, 0.1) is 17.5 Å². The number of benzene rings is 2. The zero-order chi connectivity index (χ0) is 22.1. The van der Waals surface area contributed by atoms with Gasteiger partial charge in [0.1, 0.15) is 5.75 Å². The van der Waals surface area contributed by atoms with Crippen LogP contribution in [0.5, 0.6) is 5.75 Å². The minimum absolute atomic E-state index is 0.124. The van der Waals surface area contributed by atoms with Gasteiger partial charge < -0.3 is 4.74 Å². The number of hydrogen-bond donors (Lipinski definition) is 0. The summed E-state index contributed by atoms with van der Waals surface area (Å²) < 4.78 is 5.87. The lowest BCUT2D eigenvalue weighted by atomic mass is 9.63. The van der Waals surface area contributed by atoms with E-state index in [0.29, 0.717) is 28.8 Å². The number of imide groups is 1. The fourth-order valence-corrected chi connectivity index (χ4v) is 6.10. The molecule has 2 aromatic carbocycles. The van der Waals surface area contributed by atoms with Crippen molar-refractivity contribution in [1.29, 1.82) is 0 Å². The van der Waals surface area contributed by atoms with Crippen molar-refractivity contribution in [3.05, 3.63) is 71.3 Å². The van der Waals surface area contributed by atoms with Crippen molar-refractivity contribution in [2.24, 2.45) is 35.5 Å². The number of carbonyl (C=O) groups excluding carboxylic acids is 3. The van der Waals surface area contributed by atoms with Crippen LogP contribution in [0.1, 0.15) is 27.9 Å². The van der Waals surface area contributed by atoms with Gasteiger partial charge in [-0.2, -0.15) is 0 Å². The van der Waals surface area contributed by atoms with Crippen LogP contribution in [-0.4, -0.2) is 24.2 Å². The zero-order valence-corrected chi connectivity index (χ0v) is 18.2. The van der Waals surface area contributed by atoms with E-state index in [2.05, 4.69) is 12.2 Å². The molecule has 0 spiro atoms. The van der Waals surface area contributed by atoms with Gasteiger partial charge in [-0.15, -0.1) is 0 Å². The Labute approximate surface area is 187 Å². The summed E-state index contributed by atoms with van der Waals surface area (Å²) in [6, 6.07) is 12.6. The van der Waals surface area contributed by atoms with Gasteiger partial charge in [-0.05, 0) is 73.3 Å². The number of allylic oxidation sites excluding steroid dienone is 2. The van der Waals surface area contributed by atoms with Crippen LogP contribution in [-0.2, 0) is 9.59 Å². The number of aryl methyl sites for hydroxylation is 2. The van der Waals surface area contributed by atoms with Crippen LogP contribution >= 0.6 is 0 Å². The molecule has 3 fully saturated rings. The summed E-state index contributed by atoms with van der Waals surface area (Å²) in [4.78, 5) is 40.9. The molecular weight excluding hydrogens is 402 g/mol. The van der Waals surface area contributed by atoms with Gasteiger partial charge in [0, 0.05) is 5.56 Å². The van der Waals surface area contributed by atoms with E-state index in [9.17, 15) is 14.4 Å². The summed E-state index contributed by atoms with van der Waals surface area (Å²) in [6.07, 6.45) is 5.47. The third-order valence-corrected chi connectivity index (χ3v) is 7.96. The van der Waals surface area contributed by atoms with Gasteiger partial charge in [-0.1, -0.05) is 36.4 Å². The number of rotatable bonds is 5. The minimum Gasteiger partial charge on any atom is -0.483 e.